The molecule has 1 heterocycles. The molecule has 3 heteroatoms. The maximum atomic E-state index is 8.38. The van der Waals surface area contributed by atoms with Crippen LogP contribution in [0.5, 0.6) is 0 Å². The van der Waals surface area contributed by atoms with Crippen molar-refractivity contribution in [1.82, 2.24) is 4.98 Å². The standard InChI is InChI=1S/C19H22N2.C8H10.C7H8.C3H8.C2H4S.C2H6/c1-5-15(13(2)3)10-17-11-16(12-21-17)19(20)18-9-7-6-8-14(18)4;1-7-3-5-8(2)6-4-7;1-7-5-3-2-4-6-7;1-3-2;1-2-3;1-2/h5-13,20-21H,1H2,2-4H3;3-6H,1-2H3;2-6H,1H3;3H2,1-2H3;2H,1H3;1-2H3/b15-10-,20-19?;;;;;. The Labute approximate surface area is 275 Å². The lowest BCUT2D eigenvalue weighted by atomic mass is 9.99. The number of hydrogen-bond acceptors (Lipinski definition) is 2. The minimum absolute atomic E-state index is 0.435. The first-order valence-corrected chi connectivity index (χ1v) is 16.1. The van der Waals surface area contributed by atoms with Crippen LogP contribution in [0.4, 0.5) is 0 Å². The Morgan fingerprint density at radius 2 is 1.25 bits per heavy atom. The highest BCUT2D eigenvalue weighted by Gasteiger charge is 2.09. The topological polar surface area (TPSA) is 39.6 Å². The van der Waals surface area contributed by atoms with Gasteiger partial charge in [-0.2, -0.15) is 0 Å². The zero-order valence-corrected chi connectivity index (χ0v) is 30.1. The van der Waals surface area contributed by atoms with Gasteiger partial charge >= 0.3 is 0 Å². The summed E-state index contributed by atoms with van der Waals surface area (Å²) in [5.74, 6) is 0.435. The zero-order chi connectivity index (χ0) is 33.9. The molecule has 4 aromatic rings. The first-order valence-electron chi connectivity index (χ1n) is 15.7. The molecule has 2 nitrogen and oxygen atoms in total. The molecule has 0 fully saturated rings. The van der Waals surface area contributed by atoms with E-state index in [1.54, 1.807) is 5.37 Å². The third-order valence-corrected chi connectivity index (χ3v) is 5.79. The minimum atomic E-state index is 0.435. The highest BCUT2D eigenvalue weighted by molar-refractivity contribution is 7.78. The SMILES string of the molecule is C=C/C(=C/c1cc(C(=N)c2ccccc2C)c[nH]1)C(C)C.CC.CC=S.CCC.Cc1ccc(C)cc1.Cc1ccccc1. The average molecular weight is 611 g/mol. The Hall–Kier alpha value is -3.82. The number of benzene rings is 3. The van der Waals surface area contributed by atoms with Crippen molar-refractivity contribution in [3.63, 3.8) is 0 Å². The van der Waals surface area contributed by atoms with Crippen molar-refractivity contribution in [1.29, 1.82) is 5.41 Å². The van der Waals surface area contributed by atoms with Crippen LogP contribution in [-0.2, 0) is 0 Å². The molecule has 0 aliphatic rings. The van der Waals surface area contributed by atoms with Crippen molar-refractivity contribution < 1.29 is 0 Å². The maximum Gasteiger partial charge on any atom is 0.0702 e. The summed E-state index contributed by atoms with van der Waals surface area (Å²) in [7, 11) is 0. The normalized spacial score (nSPS) is 9.50. The van der Waals surface area contributed by atoms with Crippen molar-refractivity contribution in [2.24, 2.45) is 5.92 Å². The fraction of sp³-hybridized carbons (Fsp3) is 0.317. The van der Waals surface area contributed by atoms with Crippen molar-refractivity contribution in [3.8, 4) is 0 Å². The number of aryl methyl sites for hydroxylation is 4. The van der Waals surface area contributed by atoms with Gasteiger partial charge in [-0.25, -0.2) is 0 Å². The average Bonchev–Trinajstić information content (AvgIpc) is 3.49. The lowest BCUT2D eigenvalue weighted by Gasteiger charge is -2.05. The summed E-state index contributed by atoms with van der Waals surface area (Å²) in [5.41, 5.74) is 9.72. The van der Waals surface area contributed by atoms with E-state index in [0.29, 0.717) is 11.6 Å². The number of allylic oxidation sites excluding steroid dienone is 2. The summed E-state index contributed by atoms with van der Waals surface area (Å²) in [4.78, 5) is 3.23. The predicted octanol–water partition coefficient (Wildman–Crippen LogP) is 12.7. The number of hydrogen-bond donors (Lipinski definition) is 2. The highest BCUT2D eigenvalue weighted by atomic mass is 32.1. The molecule has 3 aromatic carbocycles. The van der Waals surface area contributed by atoms with E-state index in [-0.39, 0.29) is 0 Å². The molecular formula is C41H58N2S. The zero-order valence-electron chi connectivity index (χ0n) is 29.3. The molecule has 0 spiro atoms. The Morgan fingerprint density at radius 3 is 1.64 bits per heavy atom. The summed E-state index contributed by atoms with van der Waals surface area (Å²) in [6, 6.07) is 28.7. The Bertz CT molecular complexity index is 1310. The second-order valence-electron chi connectivity index (χ2n) is 10.3. The number of aromatic nitrogens is 1. The number of thiocarbonyl (C=S) groups is 1. The third-order valence-electron chi connectivity index (χ3n) is 5.79. The summed E-state index contributed by atoms with van der Waals surface area (Å²) in [6.45, 7) is 26.5. The Balaban J connectivity index is 0. The van der Waals surface area contributed by atoms with Gasteiger partial charge in [-0.3, -0.25) is 5.41 Å². The second kappa shape index (κ2) is 26.8. The fourth-order valence-corrected chi connectivity index (χ4v) is 3.46. The fourth-order valence-electron chi connectivity index (χ4n) is 3.46. The third kappa shape index (κ3) is 19.4. The number of rotatable bonds is 5. The molecule has 0 aliphatic heterocycles. The van der Waals surface area contributed by atoms with Crippen LogP contribution < -0.4 is 0 Å². The number of aromatic amines is 1. The van der Waals surface area contributed by atoms with E-state index in [0.717, 1.165) is 22.4 Å². The molecule has 0 radical (unpaired) electrons. The van der Waals surface area contributed by atoms with Crippen molar-refractivity contribution in [3.05, 3.63) is 148 Å². The van der Waals surface area contributed by atoms with Crippen LogP contribution in [0.15, 0.2) is 109 Å². The van der Waals surface area contributed by atoms with Gasteiger partial charge < -0.3 is 4.98 Å². The number of H-pyrrole nitrogens is 1. The van der Waals surface area contributed by atoms with Crippen molar-refractivity contribution >= 4 is 29.4 Å². The van der Waals surface area contributed by atoms with Crippen molar-refractivity contribution in [2.45, 2.75) is 82.6 Å². The van der Waals surface area contributed by atoms with Crippen LogP contribution in [0.1, 0.15) is 94.0 Å². The molecule has 0 saturated heterocycles. The summed E-state index contributed by atoms with van der Waals surface area (Å²) in [6.07, 6.45) is 7.12. The molecule has 44 heavy (non-hydrogen) atoms. The first-order chi connectivity index (χ1) is 21.0. The van der Waals surface area contributed by atoms with Gasteiger partial charge in [-0.1, -0.05) is 168 Å². The molecule has 2 N–H and O–H groups in total. The van der Waals surface area contributed by atoms with Gasteiger partial charge in [0.2, 0.25) is 0 Å². The molecule has 0 amide bonds. The molecule has 4 rings (SSSR count). The molecule has 0 unspecified atom stereocenters. The highest BCUT2D eigenvalue weighted by Crippen LogP contribution is 2.18. The van der Waals surface area contributed by atoms with E-state index in [1.165, 1.54) is 28.7 Å². The summed E-state index contributed by atoms with van der Waals surface area (Å²) >= 11 is 4.27. The Kier molecular flexibility index (Phi) is 25.8. The maximum absolute atomic E-state index is 8.38. The molecule has 0 bridgehead atoms. The first kappa shape index (κ1) is 42.3. The van der Waals surface area contributed by atoms with Gasteiger partial charge in [-0.15, -0.1) is 0 Å². The van der Waals surface area contributed by atoms with E-state index < -0.39 is 0 Å². The molecular weight excluding hydrogens is 553 g/mol. The van der Waals surface area contributed by atoms with Crippen molar-refractivity contribution in [2.75, 3.05) is 0 Å². The van der Waals surface area contributed by atoms with Gasteiger partial charge in [-0.05, 0) is 69.2 Å². The van der Waals surface area contributed by atoms with Gasteiger partial charge in [0.1, 0.15) is 0 Å². The van der Waals surface area contributed by atoms with Crippen LogP contribution in [0.25, 0.3) is 6.08 Å². The van der Waals surface area contributed by atoms with E-state index in [4.69, 9.17) is 5.41 Å². The lowest BCUT2D eigenvalue weighted by molar-refractivity contribution is 0.797. The lowest BCUT2D eigenvalue weighted by Crippen LogP contribution is -2.01. The van der Waals surface area contributed by atoms with Crippen LogP contribution in [0.2, 0.25) is 0 Å². The summed E-state index contributed by atoms with van der Waals surface area (Å²) < 4.78 is 0. The van der Waals surface area contributed by atoms with Gasteiger partial charge in [0.05, 0.1) is 5.71 Å². The quantitative estimate of drug-likeness (QED) is 0.132. The van der Waals surface area contributed by atoms with Crippen LogP contribution >= 0.6 is 12.2 Å². The monoisotopic (exact) mass is 610 g/mol. The predicted molar refractivity (Wildman–Crippen MR) is 205 cm³/mol. The van der Waals surface area contributed by atoms with E-state index in [2.05, 4.69) is 115 Å². The summed E-state index contributed by atoms with van der Waals surface area (Å²) in [5, 5.41) is 9.96. The molecule has 1 aromatic heterocycles. The Morgan fingerprint density at radius 1 is 0.818 bits per heavy atom. The van der Waals surface area contributed by atoms with Crippen LogP contribution in [0.3, 0.4) is 0 Å². The molecule has 0 atom stereocenters. The van der Waals surface area contributed by atoms with Crippen LogP contribution in [-0.4, -0.2) is 16.1 Å². The molecule has 0 aliphatic carbocycles. The van der Waals surface area contributed by atoms with E-state index in [1.807, 2.05) is 88.5 Å². The number of nitrogens with one attached hydrogen (secondary N) is 2. The van der Waals surface area contributed by atoms with E-state index in [9.17, 15) is 0 Å². The van der Waals surface area contributed by atoms with Gasteiger partial charge in [0.25, 0.3) is 0 Å². The van der Waals surface area contributed by atoms with E-state index >= 15 is 0 Å². The molecule has 0 saturated carbocycles. The second-order valence-corrected chi connectivity index (χ2v) is 10.8. The van der Waals surface area contributed by atoms with Crippen LogP contribution in [0, 0.1) is 39.0 Å². The van der Waals surface area contributed by atoms with Gasteiger partial charge in [0, 0.05) is 23.0 Å². The largest absolute Gasteiger partial charge is 0.361 e. The van der Waals surface area contributed by atoms with Gasteiger partial charge in [0.15, 0.2) is 0 Å². The smallest absolute Gasteiger partial charge is 0.0702 e. The minimum Gasteiger partial charge on any atom is -0.361 e. The molecule has 238 valence electrons.